The van der Waals surface area contributed by atoms with Crippen LogP contribution in [0.4, 0.5) is 0 Å². The highest BCUT2D eigenvalue weighted by molar-refractivity contribution is 6.42. The Bertz CT molecular complexity index is 1290. The second-order valence-corrected chi connectivity index (χ2v) is 7.12. The molecule has 0 aliphatic heterocycles. The largest absolute Gasteiger partial charge is 0.469 e. The number of carbonyl (C=O) groups is 1. The third-order valence-electron chi connectivity index (χ3n) is 4.56. The highest BCUT2D eigenvalue weighted by Gasteiger charge is 2.18. The van der Waals surface area contributed by atoms with Crippen LogP contribution in [0, 0.1) is 6.92 Å². The molecule has 0 spiro atoms. The summed E-state index contributed by atoms with van der Waals surface area (Å²) in [6.45, 7) is 2.23. The van der Waals surface area contributed by atoms with Crippen LogP contribution in [-0.2, 0) is 16.1 Å². The maximum absolute atomic E-state index is 13.2. The molecule has 0 saturated heterocycles. The molecule has 2 aromatic heterocycles. The third-order valence-corrected chi connectivity index (χ3v) is 5.29. The van der Waals surface area contributed by atoms with Crippen LogP contribution < -0.4 is 5.56 Å². The van der Waals surface area contributed by atoms with Gasteiger partial charge in [0.25, 0.3) is 5.56 Å². The van der Waals surface area contributed by atoms with Gasteiger partial charge in [-0.15, -0.1) is 0 Å². The van der Waals surface area contributed by atoms with Gasteiger partial charge in [-0.3, -0.25) is 9.59 Å². The molecule has 0 amide bonds. The predicted molar refractivity (Wildman–Crippen MR) is 106 cm³/mol. The second kappa shape index (κ2) is 6.55. The number of rotatable bonds is 3. The summed E-state index contributed by atoms with van der Waals surface area (Å²) in [4.78, 5) is 29.5. The molecular formula is C19H15Cl2N3O3. The molecule has 138 valence electrons. The third kappa shape index (κ3) is 2.85. The minimum Gasteiger partial charge on any atom is -0.469 e. The summed E-state index contributed by atoms with van der Waals surface area (Å²) in [7, 11) is 1.34. The summed E-state index contributed by atoms with van der Waals surface area (Å²) in [5.41, 5.74) is 2.66. The number of halogens is 2. The zero-order valence-corrected chi connectivity index (χ0v) is 16.1. The van der Waals surface area contributed by atoms with Gasteiger partial charge >= 0.3 is 5.97 Å². The zero-order chi connectivity index (χ0) is 19.3. The smallest absolute Gasteiger partial charge is 0.307 e. The Hall–Kier alpha value is -2.57. The molecule has 2 heterocycles. The van der Waals surface area contributed by atoms with Gasteiger partial charge in [0.1, 0.15) is 0 Å². The molecule has 27 heavy (non-hydrogen) atoms. The van der Waals surface area contributed by atoms with Crippen LogP contribution in [0.2, 0.25) is 10.0 Å². The monoisotopic (exact) mass is 403 g/mol. The molecule has 0 saturated carbocycles. The Balaban J connectivity index is 2.13. The topological polar surface area (TPSA) is 65.6 Å². The molecule has 0 fully saturated rings. The summed E-state index contributed by atoms with van der Waals surface area (Å²) < 4.78 is 8.03. The Labute approximate surface area is 163 Å². The maximum Gasteiger partial charge on any atom is 0.307 e. The molecular weight excluding hydrogens is 389 g/mol. The van der Waals surface area contributed by atoms with E-state index in [1.54, 1.807) is 22.8 Å². The molecule has 0 atom stereocenters. The standard InChI is InChI=1S/C19H15Cl2N3O3/c1-10-3-4-11-14(7-10)22-19-23(6-5-17(25)27-2)15-8-12(20)13(21)9-16(15)24(19)18(11)26/h3-4,7-9H,5-6H2,1-2H3. The number of aryl methyl sites for hydroxylation is 2. The fourth-order valence-corrected chi connectivity index (χ4v) is 3.55. The second-order valence-electron chi connectivity index (χ2n) is 6.31. The van der Waals surface area contributed by atoms with Gasteiger partial charge in [-0.05, 0) is 36.8 Å². The van der Waals surface area contributed by atoms with E-state index in [1.165, 1.54) is 11.5 Å². The number of benzene rings is 2. The number of imidazole rings is 1. The number of hydrogen-bond acceptors (Lipinski definition) is 4. The molecule has 0 unspecified atom stereocenters. The molecule has 8 heteroatoms. The van der Waals surface area contributed by atoms with E-state index in [0.29, 0.717) is 44.3 Å². The van der Waals surface area contributed by atoms with E-state index in [2.05, 4.69) is 4.98 Å². The molecule has 0 aliphatic rings. The highest BCUT2D eigenvalue weighted by atomic mass is 35.5. The molecule has 0 radical (unpaired) electrons. The number of fused-ring (bicyclic) bond motifs is 4. The van der Waals surface area contributed by atoms with Crippen LogP contribution in [-0.4, -0.2) is 27.0 Å². The van der Waals surface area contributed by atoms with Crippen molar-refractivity contribution in [2.24, 2.45) is 0 Å². The van der Waals surface area contributed by atoms with Crippen molar-refractivity contribution >= 4 is 56.9 Å². The van der Waals surface area contributed by atoms with Gasteiger partial charge in [0.15, 0.2) is 0 Å². The molecule has 4 rings (SSSR count). The number of esters is 1. The van der Waals surface area contributed by atoms with E-state index in [1.807, 2.05) is 19.1 Å². The lowest BCUT2D eigenvalue weighted by Crippen LogP contribution is -2.16. The van der Waals surface area contributed by atoms with Crippen molar-refractivity contribution in [1.29, 1.82) is 0 Å². The van der Waals surface area contributed by atoms with E-state index >= 15 is 0 Å². The zero-order valence-electron chi connectivity index (χ0n) is 14.6. The SMILES string of the molecule is COC(=O)CCn1c2cc(Cl)c(Cl)cc2n2c(=O)c3ccc(C)cc3nc12. The highest BCUT2D eigenvalue weighted by Crippen LogP contribution is 2.30. The van der Waals surface area contributed by atoms with E-state index in [4.69, 9.17) is 27.9 Å². The lowest BCUT2D eigenvalue weighted by Gasteiger charge is -2.06. The first-order chi connectivity index (χ1) is 12.9. The Morgan fingerprint density at radius 2 is 1.85 bits per heavy atom. The normalized spacial score (nSPS) is 11.6. The molecule has 2 aromatic carbocycles. The minimum atomic E-state index is -0.353. The van der Waals surface area contributed by atoms with Gasteiger partial charge in [-0.1, -0.05) is 29.3 Å². The number of aromatic nitrogens is 3. The quantitative estimate of drug-likeness (QED) is 0.485. The van der Waals surface area contributed by atoms with Gasteiger partial charge in [-0.25, -0.2) is 9.38 Å². The van der Waals surface area contributed by atoms with Crippen LogP contribution in [0.1, 0.15) is 12.0 Å². The number of hydrogen-bond donors (Lipinski definition) is 0. The number of methoxy groups -OCH3 is 1. The van der Waals surface area contributed by atoms with Gasteiger partial charge in [0.05, 0.1) is 45.5 Å². The lowest BCUT2D eigenvalue weighted by atomic mass is 10.2. The van der Waals surface area contributed by atoms with Crippen LogP contribution in [0.3, 0.4) is 0 Å². The summed E-state index contributed by atoms with van der Waals surface area (Å²) in [5, 5.41) is 1.21. The van der Waals surface area contributed by atoms with Gasteiger partial charge in [-0.2, -0.15) is 0 Å². The van der Waals surface area contributed by atoms with Crippen molar-refractivity contribution in [3.8, 4) is 0 Å². The maximum atomic E-state index is 13.2. The fraction of sp³-hybridized carbons (Fsp3) is 0.211. The summed E-state index contributed by atoms with van der Waals surface area (Å²) >= 11 is 12.4. The first kappa shape index (κ1) is 17.8. The van der Waals surface area contributed by atoms with E-state index in [9.17, 15) is 9.59 Å². The number of nitrogens with zero attached hydrogens (tertiary/aromatic N) is 3. The Morgan fingerprint density at radius 1 is 1.15 bits per heavy atom. The van der Waals surface area contributed by atoms with Crippen LogP contribution in [0.15, 0.2) is 35.1 Å². The minimum absolute atomic E-state index is 0.137. The fourth-order valence-electron chi connectivity index (χ4n) is 3.24. The summed E-state index contributed by atoms with van der Waals surface area (Å²) in [6.07, 6.45) is 0.137. The van der Waals surface area contributed by atoms with Crippen LogP contribution in [0.5, 0.6) is 0 Å². The average molecular weight is 404 g/mol. The van der Waals surface area contributed by atoms with E-state index in [-0.39, 0.29) is 17.9 Å². The average Bonchev–Trinajstić information content (AvgIpc) is 2.92. The van der Waals surface area contributed by atoms with E-state index in [0.717, 1.165) is 5.56 Å². The first-order valence-corrected chi connectivity index (χ1v) is 9.03. The predicted octanol–water partition coefficient (Wildman–Crippen LogP) is 3.98. The summed E-state index contributed by atoms with van der Waals surface area (Å²) in [6, 6.07) is 8.82. The van der Waals surface area contributed by atoms with Gasteiger partial charge in [0.2, 0.25) is 5.78 Å². The number of ether oxygens (including phenoxy) is 1. The van der Waals surface area contributed by atoms with Gasteiger partial charge in [0, 0.05) is 6.54 Å². The molecule has 4 aromatic rings. The van der Waals surface area contributed by atoms with Gasteiger partial charge < -0.3 is 9.30 Å². The van der Waals surface area contributed by atoms with Crippen molar-refractivity contribution in [1.82, 2.24) is 14.0 Å². The van der Waals surface area contributed by atoms with Crippen molar-refractivity contribution in [2.75, 3.05) is 7.11 Å². The lowest BCUT2D eigenvalue weighted by molar-refractivity contribution is -0.140. The van der Waals surface area contributed by atoms with Crippen LogP contribution >= 0.6 is 23.2 Å². The van der Waals surface area contributed by atoms with Crippen molar-refractivity contribution in [3.05, 3.63) is 56.3 Å². The molecule has 0 aliphatic carbocycles. The van der Waals surface area contributed by atoms with Crippen molar-refractivity contribution in [2.45, 2.75) is 19.9 Å². The molecule has 6 nitrogen and oxygen atoms in total. The number of carbonyl (C=O) groups excluding carboxylic acids is 1. The Morgan fingerprint density at radius 3 is 2.56 bits per heavy atom. The van der Waals surface area contributed by atoms with Crippen molar-refractivity contribution in [3.63, 3.8) is 0 Å². The molecule has 0 N–H and O–H groups in total. The first-order valence-electron chi connectivity index (χ1n) is 8.28. The van der Waals surface area contributed by atoms with Crippen LogP contribution in [0.25, 0.3) is 27.7 Å². The van der Waals surface area contributed by atoms with Crippen molar-refractivity contribution < 1.29 is 9.53 Å². The van der Waals surface area contributed by atoms with E-state index < -0.39 is 0 Å². The molecule has 0 bridgehead atoms. The Kier molecular flexibility index (Phi) is 4.32. The summed E-state index contributed by atoms with van der Waals surface area (Å²) in [5.74, 6) is 0.0735.